The minimum absolute atomic E-state index is 0.0362. The molecule has 0 aliphatic carbocycles. The van der Waals surface area contributed by atoms with E-state index < -0.39 is 0 Å². The van der Waals surface area contributed by atoms with Crippen molar-refractivity contribution < 1.29 is 37.6 Å². The van der Waals surface area contributed by atoms with Crippen LogP contribution in [0.5, 0.6) is 34.5 Å². The molecule has 0 bridgehead atoms. The SMILES string of the molecule is COc1cc(/C=C/c2occc2C)cc(OC)c1OC.COc1cc(/C=C\C2C=C(C)CO2)cc(OC)c1OC. The normalized spacial score (nSPS) is 14.5. The fourth-order valence-electron chi connectivity index (χ4n) is 4.04. The average molecular weight is 551 g/mol. The lowest BCUT2D eigenvalue weighted by atomic mass is 10.1. The molecule has 2 heterocycles. The van der Waals surface area contributed by atoms with Gasteiger partial charge in [-0.05, 0) is 72.5 Å². The Morgan fingerprint density at radius 2 is 1.18 bits per heavy atom. The maximum Gasteiger partial charge on any atom is 0.203 e. The van der Waals surface area contributed by atoms with Crippen molar-refractivity contribution in [2.75, 3.05) is 49.3 Å². The molecule has 1 unspecified atom stereocenters. The second-order valence-corrected chi connectivity index (χ2v) is 8.87. The first kappa shape index (κ1) is 30.2. The first-order chi connectivity index (χ1) is 19.4. The lowest BCUT2D eigenvalue weighted by Gasteiger charge is -2.13. The Morgan fingerprint density at radius 1 is 0.675 bits per heavy atom. The zero-order valence-electron chi connectivity index (χ0n) is 24.4. The van der Waals surface area contributed by atoms with E-state index in [1.165, 1.54) is 5.57 Å². The van der Waals surface area contributed by atoms with Crippen molar-refractivity contribution in [3.63, 3.8) is 0 Å². The highest BCUT2D eigenvalue weighted by atomic mass is 16.5. The summed E-state index contributed by atoms with van der Waals surface area (Å²) in [6.45, 7) is 4.76. The van der Waals surface area contributed by atoms with Gasteiger partial charge in [0.1, 0.15) is 5.76 Å². The van der Waals surface area contributed by atoms with E-state index >= 15 is 0 Å². The second kappa shape index (κ2) is 14.7. The van der Waals surface area contributed by atoms with Crippen molar-refractivity contribution in [3.05, 3.63) is 76.8 Å². The third-order valence-corrected chi connectivity index (χ3v) is 6.13. The molecule has 0 spiro atoms. The van der Waals surface area contributed by atoms with Gasteiger partial charge in [0.05, 0.1) is 61.6 Å². The Morgan fingerprint density at radius 3 is 1.55 bits per heavy atom. The Labute approximate surface area is 236 Å². The molecule has 8 heteroatoms. The standard InChI is InChI=1S/C16H20O4.C16H18O4/c1-11-7-13(20-10-11)6-5-12-8-14(17-2)16(19-4)15(9-12)18-3;1-11-7-8-20-13(11)6-5-12-9-14(17-2)16(19-4)15(10-12)18-3/h5-9,13H,10H2,1-4H3;5-10H,1-4H3/b6-5-;6-5+. The molecule has 1 aliphatic heterocycles. The number of hydrogen-bond donors (Lipinski definition) is 0. The highest BCUT2D eigenvalue weighted by molar-refractivity contribution is 5.72. The van der Waals surface area contributed by atoms with Gasteiger partial charge in [-0.2, -0.15) is 0 Å². The molecule has 1 aliphatic rings. The molecular formula is C32H38O8. The van der Waals surface area contributed by atoms with E-state index in [2.05, 4.69) is 13.0 Å². The Bertz CT molecular complexity index is 1300. The van der Waals surface area contributed by atoms with Crippen molar-refractivity contribution in [1.29, 1.82) is 0 Å². The van der Waals surface area contributed by atoms with E-state index in [0.29, 0.717) is 41.1 Å². The van der Waals surface area contributed by atoms with Crippen LogP contribution in [0.1, 0.15) is 29.4 Å². The number of benzene rings is 2. The number of rotatable bonds is 10. The van der Waals surface area contributed by atoms with Crippen LogP contribution in [-0.4, -0.2) is 55.4 Å². The van der Waals surface area contributed by atoms with Gasteiger partial charge in [-0.25, -0.2) is 0 Å². The van der Waals surface area contributed by atoms with E-state index in [0.717, 1.165) is 22.5 Å². The van der Waals surface area contributed by atoms with E-state index in [-0.39, 0.29) is 6.10 Å². The lowest BCUT2D eigenvalue weighted by molar-refractivity contribution is 0.159. The van der Waals surface area contributed by atoms with Gasteiger partial charge < -0.3 is 37.6 Å². The van der Waals surface area contributed by atoms with Gasteiger partial charge in [0, 0.05) is 0 Å². The van der Waals surface area contributed by atoms with Crippen LogP contribution < -0.4 is 28.4 Å². The Balaban J connectivity index is 0.000000220. The van der Waals surface area contributed by atoms with Crippen LogP contribution in [0.25, 0.3) is 18.2 Å². The molecule has 2 aromatic carbocycles. The van der Waals surface area contributed by atoms with E-state index in [9.17, 15) is 0 Å². The zero-order valence-corrected chi connectivity index (χ0v) is 24.4. The maximum absolute atomic E-state index is 5.58. The second-order valence-electron chi connectivity index (χ2n) is 8.87. The zero-order chi connectivity index (χ0) is 29.1. The average Bonchev–Trinajstić information content (AvgIpc) is 3.60. The topological polar surface area (TPSA) is 77.8 Å². The monoisotopic (exact) mass is 550 g/mol. The van der Waals surface area contributed by atoms with E-state index in [1.807, 2.05) is 61.6 Å². The van der Waals surface area contributed by atoms with Gasteiger partial charge in [-0.1, -0.05) is 24.3 Å². The summed E-state index contributed by atoms with van der Waals surface area (Å²) in [5.74, 6) is 4.56. The highest BCUT2D eigenvalue weighted by Crippen LogP contribution is 2.39. The predicted octanol–water partition coefficient (Wildman–Crippen LogP) is 6.85. The van der Waals surface area contributed by atoms with Gasteiger partial charge in [0.15, 0.2) is 23.0 Å². The molecule has 214 valence electrons. The van der Waals surface area contributed by atoms with Crippen LogP contribution in [0.3, 0.4) is 0 Å². The van der Waals surface area contributed by atoms with Gasteiger partial charge in [-0.3, -0.25) is 0 Å². The minimum atomic E-state index is 0.0362. The van der Waals surface area contributed by atoms with Crippen LogP contribution in [-0.2, 0) is 4.74 Å². The van der Waals surface area contributed by atoms with Gasteiger partial charge >= 0.3 is 0 Å². The fraction of sp³-hybridized carbons (Fsp3) is 0.312. The minimum Gasteiger partial charge on any atom is -0.493 e. The summed E-state index contributed by atoms with van der Waals surface area (Å²) in [6.07, 6.45) is 11.7. The summed E-state index contributed by atoms with van der Waals surface area (Å²) in [5, 5.41) is 0. The molecular weight excluding hydrogens is 512 g/mol. The molecule has 0 radical (unpaired) electrons. The smallest absolute Gasteiger partial charge is 0.203 e. The van der Waals surface area contributed by atoms with Crippen molar-refractivity contribution in [1.82, 2.24) is 0 Å². The van der Waals surface area contributed by atoms with Crippen LogP contribution in [0, 0.1) is 6.92 Å². The van der Waals surface area contributed by atoms with Crippen LogP contribution >= 0.6 is 0 Å². The van der Waals surface area contributed by atoms with Gasteiger partial charge in [0.2, 0.25) is 11.5 Å². The van der Waals surface area contributed by atoms with Crippen LogP contribution in [0.2, 0.25) is 0 Å². The Hall–Kier alpha value is -4.30. The van der Waals surface area contributed by atoms with Crippen molar-refractivity contribution in [3.8, 4) is 34.5 Å². The molecule has 0 N–H and O–H groups in total. The molecule has 0 saturated carbocycles. The number of methoxy groups -OCH3 is 6. The van der Waals surface area contributed by atoms with Crippen molar-refractivity contribution >= 4 is 18.2 Å². The van der Waals surface area contributed by atoms with Crippen LogP contribution in [0.15, 0.2) is 58.7 Å². The van der Waals surface area contributed by atoms with Gasteiger partial charge in [-0.15, -0.1) is 0 Å². The first-order valence-electron chi connectivity index (χ1n) is 12.7. The molecule has 1 aromatic heterocycles. The highest BCUT2D eigenvalue weighted by Gasteiger charge is 2.14. The third kappa shape index (κ3) is 7.64. The largest absolute Gasteiger partial charge is 0.493 e. The molecule has 0 amide bonds. The summed E-state index contributed by atoms with van der Waals surface area (Å²) in [5.41, 5.74) is 4.26. The van der Waals surface area contributed by atoms with Crippen LogP contribution in [0.4, 0.5) is 0 Å². The number of aryl methyl sites for hydroxylation is 1. The third-order valence-electron chi connectivity index (χ3n) is 6.13. The molecule has 0 saturated heterocycles. The maximum atomic E-state index is 5.58. The summed E-state index contributed by atoms with van der Waals surface area (Å²) >= 11 is 0. The molecule has 8 nitrogen and oxygen atoms in total. The number of furan rings is 1. The van der Waals surface area contributed by atoms with Crippen molar-refractivity contribution in [2.45, 2.75) is 20.0 Å². The summed E-state index contributed by atoms with van der Waals surface area (Å²) < 4.78 is 42.8. The van der Waals surface area contributed by atoms with E-state index in [1.54, 1.807) is 48.9 Å². The fourth-order valence-corrected chi connectivity index (χ4v) is 4.04. The Kier molecular flexibility index (Phi) is 11.1. The van der Waals surface area contributed by atoms with Crippen molar-refractivity contribution in [2.24, 2.45) is 0 Å². The summed E-state index contributed by atoms with van der Waals surface area (Å²) in [7, 11) is 9.59. The molecule has 3 aromatic rings. The summed E-state index contributed by atoms with van der Waals surface area (Å²) in [4.78, 5) is 0. The first-order valence-corrected chi connectivity index (χ1v) is 12.7. The van der Waals surface area contributed by atoms with Gasteiger partial charge in [0.25, 0.3) is 0 Å². The number of hydrogen-bond acceptors (Lipinski definition) is 8. The molecule has 40 heavy (non-hydrogen) atoms. The quantitative estimate of drug-likeness (QED) is 0.254. The number of ether oxygens (including phenoxy) is 7. The molecule has 0 fully saturated rings. The summed E-state index contributed by atoms with van der Waals surface area (Å²) in [6, 6.07) is 9.51. The van der Waals surface area contributed by atoms with E-state index in [4.69, 9.17) is 37.6 Å². The lowest BCUT2D eigenvalue weighted by Crippen LogP contribution is -1.99. The predicted molar refractivity (Wildman–Crippen MR) is 157 cm³/mol. The molecule has 4 rings (SSSR count). The molecule has 1 atom stereocenters.